The first-order valence-corrected chi connectivity index (χ1v) is 16.1. The molecule has 44 heavy (non-hydrogen) atoms. The van der Waals surface area contributed by atoms with Gasteiger partial charge < -0.3 is 20.1 Å². The maximum Gasteiger partial charge on any atom is 0.305 e. The number of rotatable bonds is 12. The number of aliphatic carboxylic acids is 1. The molecule has 2 aliphatic rings. The number of ether oxygens (including phenoxy) is 1. The molecule has 9 heteroatoms. The van der Waals surface area contributed by atoms with Crippen LogP contribution in [0, 0.1) is 11.3 Å². The van der Waals surface area contributed by atoms with E-state index in [2.05, 4.69) is 33.0 Å². The largest absolute Gasteiger partial charge is 0.497 e. The van der Waals surface area contributed by atoms with E-state index in [0.29, 0.717) is 33.5 Å². The Morgan fingerprint density at radius 2 is 1.82 bits per heavy atom. The number of methoxy groups -OCH3 is 1. The van der Waals surface area contributed by atoms with Crippen molar-refractivity contribution in [3.63, 3.8) is 0 Å². The number of nitrogens with zero attached hydrogens (tertiary/aromatic N) is 2. The summed E-state index contributed by atoms with van der Waals surface area (Å²) in [4.78, 5) is 45.4. The predicted octanol–water partition coefficient (Wildman–Crippen LogP) is 7.44. The highest BCUT2D eigenvalue weighted by atomic mass is 35.5. The summed E-state index contributed by atoms with van der Waals surface area (Å²) in [5.74, 6) is -0.290. The summed E-state index contributed by atoms with van der Waals surface area (Å²) >= 11 is 6.45. The monoisotopic (exact) mass is 623 g/mol. The number of aliphatic imine (C=N–C) groups is 1. The highest BCUT2D eigenvalue weighted by molar-refractivity contribution is 6.47. The number of carbonyl (C=O) groups is 3. The Kier molecular flexibility index (Phi) is 10.8. The zero-order chi connectivity index (χ0) is 32.1. The van der Waals surface area contributed by atoms with Crippen molar-refractivity contribution in [3.05, 3.63) is 64.2 Å². The van der Waals surface area contributed by atoms with Crippen LogP contribution >= 0.6 is 11.6 Å². The number of hydrogen-bond acceptors (Lipinski definition) is 5. The van der Waals surface area contributed by atoms with Crippen LogP contribution in [0.4, 0.5) is 0 Å². The Labute approximate surface area is 266 Å². The van der Waals surface area contributed by atoms with E-state index in [1.807, 2.05) is 23.1 Å². The number of carboxylic acid groups (broad SMARTS) is 1. The van der Waals surface area contributed by atoms with Crippen LogP contribution < -0.4 is 10.1 Å². The molecule has 0 unspecified atom stereocenters. The zero-order valence-electron chi connectivity index (χ0n) is 26.6. The summed E-state index contributed by atoms with van der Waals surface area (Å²) in [6.45, 7) is 9.08. The molecule has 238 valence electrons. The molecule has 0 aromatic heterocycles. The fourth-order valence-corrected chi connectivity index (χ4v) is 6.85. The van der Waals surface area contributed by atoms with E-state index in [4.69, 9.17) is 26.4 Å². The van der Waals surface area contributed by atoms with Crippen LogP contribution in [0.2, 0.25) is 5.02 Å². The average Bonchev–Trinajstić information content (AvgIpc) is 3.25. The van der Waals surface area contributed by atoms with Crippen molar-refractivity contribution in [2.24, 2.45) is 16.3 Å². The molecule has 1 aliphatic heterocycles. The minimum Gasteiger partial charge on any atom is -0.497 e. The van der Waals surface area contributed by atoms with Crippen LogP contribution in [0.1, 0.15) is 113 Å². The number of unbranched alkanes of at least 4 members (excludes halogenated alkanes) is 2. The van der Waals surface area contributed by atoms with Gasteiger partial charge in [-0.1, -0.05) is 70.7 Å². The van der Waals surface area contributed by atoms with Gasteiger partial charge in [0.05, 0.1) is 19.6 Å². The van der Waals surface area contributed by atoms with E-state index in [9.17, 15) is 14.4 Å². The Hall–Kier alpha value is -3.39. The molecule has 4 rings (SSSR count). The van der Waals surface area contributed by atoms with Gasteiger partial charge in [0.2, 0.25) is 0 Å². The Balaban J connectivity index is 1.72. The number of carboxylic acids is 1. The lowest BCUT2D eigenvalue weighted by atomic mass is 9.69. The molecule has 0 bridgehead atoms. The minimum absolute atomic E-state index is 0.0598. The van der Waals surface area contributed by atoms with Crippen LogP contribution in [-0.4, -0.2) is 52.8 Å². The molecular weight excluding hydrogens is 578 g/mol. The molecule has 2 amide bonds. The summed E-state index contributed by atoms with van der Waals surface area (Å²) in [6.07, 6.45) is 7.17. The second kappa shape index (κ2) is 14.1. The second-order valence-corrected chi connectivity index (χ2v) is 13.6. The van der Waals surface area contributed by atoms with Gasteiger partial charge in [-0.25, -0.2) is 0 Å². The molecule has 8 nitrogen and oxygen atoms in total. The van der Waals surface area contributed by atoms with Crippen LogP contribution in [0.3, 0.4) is 0 Å². The van der Waals surface area contributed by atoms with Crippen molar-refractivity contribution in [3.8, 4) is 5.75 Å². The van der Waals surface area contributed by atoms with E-state index in [0.717, 1.165) is 56.9 Å². The normalized spacial score (nSPS) is 20.9. The summed E-state index contributed by atoms with van der Waals surface area (Å²) < 4.78 is 5.47. The summed E-state index contributed by atoms with van der Waals surface area (Å²) in [5, 5.41) is 12.0. The van der Waals surface area contributed by atoms with Gasteiger partial charge in [-0.3, -0.25) is 19.4 Å². The maximum atomic E-state index is 14.6. The summed E-state index contributed by atoms with van der Waals surface area (Å²) in [5.41, 5.74) is 1.96. The molecule has 1 heterocycles. The molecule has 1 fully saturated rings. The number of carbonyl (C=O) groups excluding carboxylic acids is 2. The van der Waals surface area contributed by atoms with Crippen molar-refractivity contribution in [2.75, 3.05) is 13.7 Å². The Bertz CT molecular complexity index is 1370. The van der Waals surface area contributed by atoms with Crippen LogP contribution in [0.25, 0.3) is 0 Å². The first-order chi connectivity index (χ1) is 20.9. The van der Waals surface area contributed by atoms with Gasteiger partial charge in [-0.15, -0.1) is 0 Å². The van der Waals surface area contributed by atoms with Gasteiger partial charge in [0.25, 0.3) is 11.8 Å². The maximum absolute atomic E-state index is 14.6. The highest BCUT2D eigenvalue weighted by Crippen LogP contribution is 2.50. The Morgan fingerprint density at radius 3 is 2.41 bits per heavy atom. The Morgan fingerprint density at radius 1 is 1.14 bits per heavy atom. The first kappa shape index (κ1) is 33.5. The summed E-state index contributed by atoms with van der Waals surface area (Å²) in [6, 6.07) is 12.5. The van der Waals surface area contributed by atoms with Crippen molar-refractivity contribution in [1.29, 1.82) is 0 Å². The van der Waals surface area contributed by atoms with Crippen molar-refractivity contribution in [2.45, 2.75) is 97.2 Å². The van der Waals surface area contributed by atoms with E-state index in [1.54, 1.807) is 31.4 Å². The number of benzene rings is 2. The molecule has 1 saturated carbocycles. The fraction of sp³-hybridized carbons (Fsp3) is 0.543. The molecule has 2 N–H and O–H groups in total. The smallest absolute Gasteiger partial charge is 0.305 e. The first-order valence-electron chi connectivity index (χ1n) is 15.8. The van der Waals surface area contributed by atoms with E-state index < -0.39 is 11.6 Å². The minimum atomic E-state index is -0.964. The molecule has 1 atom stereocenters. The number of nitrogens with one attached hydrogen (secondary N) is 1. The van der Waals surface area contributed by atoms with Crippen molar-refractivity contribution < 1.29 is 24.2 Å². The molecule has 2 aromatic carbocycles. The van der Waals surface area contributed by atoms with Gasteiger partial charge in [-0.05, 0) is 79.3 Å². The zero-order valence-corrected chi connectivity index (χ0v) is 27.4. The standard InChI is InChI=1S/C35H46ClN3O5/c1-6-7-8-9-29(23-10-12-24(13-11-23)32(42)37-19-16-30(40)41)39-33(43)31(25-20-27(36)22-28(21-25)44-5)38-35(39)17-14-26(15-18-35)34(2,3)4/h10-13,20-22,26,29H,6-9,14-19H2,1-5H3,(H,37,42)(H,40,41)/t26?,29-,35?/m1/s1. The van der Waals surface area contributed by atoms with Crippen molar-refractivity contribution >= 4 is 35.1 Å². The summed E-state index contributed by atoms with van der Waals surface area (Å²) in [7, 11) is 1.58. The highest BCUT2D eigenvalue weighted by Gasteiger charge is 2.52. The quantitative estimate of drug-likeness (QED) is 0.239. The molecule has 1 spiro atoms. The third-order valence-electron chi connectivity index (χ3n) is 9.16. The lowest BCUT2D eigenvalue weighted by Crippen LogP contribution is -2.51. The lowest BCUT2D eigenvalue weighted by Gasteiger charge is -2.47. The van der Waals surface area contributed by atoms with E-state index in [1.165, 1.54) is 0 Å². The average molecular weight is 624 g/mol. The molecule has 0 radical (unpaired) electrons. The third kappa shape index (κ3) is 7.63. The van der Waals surface area contributed by atoms with Crippen LogP contribution in [-0.2, 0) is 9.59 Å². The lowest BCUT2D eigenvalue weighted by molar-refractivity contribution is -0.137. The van der Waals surface area contributed by atoms with Gasteiger partial charge >= 0.3 is 5.97 Å². The molecular formula is C35H46ClN3O5. The van der Waals surface area contributed by atoms with Gasteiger partial charge in [0.1, 0.15) is 17.1 Å². The van der Waals surface area contributed by atoms with Gasteiger partial charge in [0.15, 0.2) is 0 Å². The fourth-order valence-electron chi connectivity index (χ4n) is 6.62. The van der Waals surface area contributed by atoms with Crippen LogP contribution in [0.15, 0.2) is 47.5 Å². The predicted molar refractivity (Wildman–Crippen MR) is 173 cm³/mol. The third-order valence-corrected chi connectivity index (χ3v) is 9.37. The van der Waals surface area contributed by atoms with Gasteiger partial charge in [-0.2, -0.15) is 0 Å². The van der Waals surface area contributed by atoms with E-state index in [-0.39, 0.29) is 36.2 Å². The SMILES string of the molecule is CCCCC[C@H](c1ccc(C(=O)NCCC(=O)O)cc1)N1C(=O)C(c2cc(Cl)cc(OC)c2)=NC12CCC(C(C)(C)C)CC2. The van der Waals surface area contributed by atoms with Gasteiger partial charge in [0, 0.05) is 22.7 Å². The number of amides is 2. The van der Waals surface area contributed by atoms with Crippen LogP contribution in [0.5, 0.6) is 5.75 Å². The number of hydrogen-bond donors (Lipinski definition) is 2. The second-order valence-electron chi connectivity index (χ2n) is 13.2. The number of halogens is 1. The molecule has 1 aliphatic carbocycles. The van der Waals surface area contributed by atoms with E-state index >= 15 is 0 Å². The molecule has 2 aromatic rings. The topological polar surface area (TPSA) is 108 Å². The molecule has 0 saturated heterocycles. The van der Waals surface area contributed by atoms with Crippen molar-refractivity contribution in [1.82, 2.24) is 10.2 Å².